The fourth-order valence-corrected chi connectivity index (χ4v) is 3.85. The smallest absolute Gasteiger partial charge is 0.416 e. The molecule has 1 fully saturated rings. The summed E-state index contributed by atoms with van der Waals surface area (Å²) in [7, 11) is 0. The highest BCUT2D eigenvalue weighted by atomic mass is 19.4. The third kappa shape index (κ3) is 4.27. The highest BCUT2D eigenvalue weighted by Crippen LogP contribution is 2.34. The number of imidazole rings is 1. The minimum absolute atomic E-state index is 0.0512. The molecule has 0 bridgehead atoms. The zero-order valence-corrected chi connectivity index (χ0v) is 17.8. The first-order valence-corrected chi connectivity index (χ1v) is 10.3. The molecular weight excluding hydrogens is 425 g/mol. The molecule has 1 aliphatic rings. The van der Waals surface area contributed by atoms with E-state index in [0.717, 1.165) is 11.8 Å². The molecule has 0 atom stereocenters. The molecule has 0 radical (unpaired) electrons. The molecule has 3 heterocycles. The van der Waals surface area contributed by atoms with Crippen LogP contribution in [0.2, 0.25) is 0 Å². The normalized spacial score (nSPS) is 14.7. The molecule has 0 saturated carbocycles. The van der Waals surface area contributed by atoms with Gasteiger partial charge in [-0.05, 0) is 31.0 Å². The number of esters is 1. The number of nitrogens with zero attached hydrogens (tertiary/aromatic N) is 4. The van der Waals surface area contributed by atoms with E-state index in [-0.39, 0.29) is 30.1 Å². The van der Waals surface area contributed by atoms with Crippen LogP contribution < -0.4 is 4.90 Å². The van der Waals surface area contributed by atoms with Crippen molar-refractivity contribution in [2.24, 2.45) is 0 Å². The van der Waals surface area contributed by atoms with Crippen LogP contribution >= 0.6 is 0 Å². The Morgan fingerprint density at radius 3 is 2.69 bits per heavy atom. The minimum Gasteiger partial charge on any atom is -0.461 e. The molecule has 1 aromatic carbocycles. The second-order valence-corrected chi connectivity index (χ2v) is 7.47. The number of halogens is 3. The van der Waals surface area contributed by atoms with Gasteiger partial charge in [-0.3, -0.25) is 4.40 Å². The SMILES string of the molecule is CCOC(=O)c1nc2ncc(N3CCOCC3)cn2c1Cc1cccc(C(F)(F)F)c1C. The lowest BCUT2D eigenvalue weighted by Gasteiger charge is -2.28. The summed E-state index contributed by atoms with van der Waals surface area (Å²) in [6.45, 7) is 5.82. The van der Waals surface area contributed by atoms with Crippen LogP contribution in [-0.4, -0.2) is 53.2 Å². The Morgan fingerprint density at radius 2 is 2.00 bits per heavy atom. The number of aromatic nitrogens is 3. The van der Waals surface area contributed by atoms with Crippen LogP contribution in [0.4, 0.5) is 18.9 Å². The van der Waals surface area contributed by atoms with Crippen LogP contribution in [0.15, 0.2) is 30.6 Å². The van der Waals surface area contributed by atoms with E-state index in [0.29, 0.717) is 37.6 Å². The molecule has 2 aromatic heterocycles. The van der Waals surface area contributed by atoms with E-state index in [1.54, 1.807) is 23.6 Å². The van der Waals surface area contributed by atoms with E-state index in [1.165, 1.54) is 13.0 Å². The van der Waals surface area contributed by atoms with E-state index in [1.807, 2.05) is 6.20 Å². The van der Waals surface area contributed by atoms with Gasteiger partial charge >= 0.3 is 12.1 Å². The lowest BCUT2D eigenvalue weighted by Crippen LogP contribution is -2.36. The molecule has 7 nitrogen and oxygen atoms in total. The molecule has 0 amide bonds. The minimum atomic E-state index is -4.46. The van der Waals surface area contributed by atoms with E-state index in [2.05, 4.69) is 14.9 Å². The van der Waals surface area contributed by atoms with Crippen LogP contribution in [0.1, 0.15) is 39.8 Å². The van der Waals surface area contributed by atoms with Gasteiger partial charge in [0.2, 0.25) is 5.78 Å². The molecule has 1 saturated heterocycles. The van der Waals surface area contributed by atoms with Gasteiger partial charge in [0, 0.05) is 25.7 Å². The lowest BCUT2D eigenvalue weighted by atomic mass is 9.98. The Hall–Kier alpha value is -3.14. The molecule has 1 aliphatic heterocycles. The second kappa shape index (κ2) is 8.78. The Labute approximate surface area is 182 Å². The molecule has 3 aromatic rings. The maximum Gasteiger partial charge on any atom is 0.416 e. The van der Waals surface area contributed by atoms with Crippen molar-refractivity contribution in [1.82, 2.24) is 14.4 Å². The fraction of sp³-hybridized carbons (Fsp3) is 0.409. The molecule has 0 unspecified atom stereocenters. The summed E-state index contributed by atoms with van der Waals surface area (Å²) >= 11 is 0. The molecule has 0 aliphatic carbocycles. The van der Waals surface area contributed by atoms with Crippen molar-refractivity contribution >= 4 is 17.4 Å². The highest BCUT2D eigenvalue weighted by Gasteiger charge is 2.33. The van der Waals surface area contributed by atoms with Crippen molar-refractivity contribution in [1.29, 1.82) is 0 Å². The van der Waals surface area contributed by atoms with Crippen molar-refractivity contribution in [2.45, 2.75) is 26.4 Å². The summed E-state index contributed by atoms with van der Waals surface area (Å²) in [6.07, 6.45) is -0.919. The number of hydrogen-bond donors (Lipinski definition) is 0. The number of hydrogen-bond acceptors (Lipinski definition) is 6. The first-order chi connectivity index (χ1) is 15.3. The van der Waals surface area contributed by atoms with E-state index < -0.39 is 17.7 Å². The highest BCUT2D eigenvalue weighted by molar-refractivity contribution is 5.89. The number of morpholine rings is 1. The Balaban J connectivity index is 1.82. The molecule has 0 N–H and O–H groups in total. The van der Waals surface area contributed by atoms with E-state index in [9.17, 15) is 18.0 Å². The Kier molecular flexibility index (Phi) is 6.05. The fourth-order valence-electron chi connectivity index (χ4n) is 3.85. The van der Waals surface area contributed by atoms with Gasteiger partial charge in [-0.2, -0.15) is 13.2 Å². The van der Waals surface area contributed by atoms with Crippen LogP contribution in [0.25, 0.3) is 5.78 Å². The van der Waals surface area contributed by atoms with Gasteiger partial charge in [0.1, 0.15) is 0 Å². The molecule has 170 valence electrons. The van der Waals surface area contributed by atoms with Crippen LogP contribution in [0, 0.1) is 6.92 Å². The summed E-state index contributed by atoms with van der Waals surface area (Å²) in [5.41, 5.74) is 1.16. The molecule has 10 heteroatoms. The zero-order valence-electron chi connectivity index (χ0n) is 17.8. The van der Waals surface area contributed by atoms with Gasteiger partial charge in [-0.25, -0.2) is 14.8 Å². The Morgan fingerprint density at radius 1 is 1.25 bits per heavy atom. The number of carbonyl (C=O) groups is 1. The summed E-state index contributed by atoms with van der Waals surface area (Å²) in [6, 6.07) is 4.05. The van der Waals surface area contributed by atoms with Crippen molar-refractivity contribution in [3.05, 3.63) is 58.7 Å². The van der Waals surface area contributed by atoms with Gasteiger partial charge in [-0.15, -0.1) is 0 Å². The van der Waals surface area contributed by atoms with Gasteiger partial charge < -0.3 is 14.4 Å². The maximum absolute atomic E-state index is 13.4. The maximum atomic E-state index is 13.4. The van der Waals surface area contributed by atoms with Crippen molar-refractivity contribution in [3.63, 3.8) is 0 Å². The van der Waals surface area contributed by atoms with Crippen LogP contribution in [0.3, 0.4) is 0 Å². The summed E-state index contributed by atoms with van der Waals surface area (Å²) in [5, 5.41) is 0. The number of carbonyl (C=O) groups excluding carboxylic acids is 1. The predicted molar refractivity (Wildman–Crippen MR) is 111 cm³/mol. The molecule has 4 rings (SSSR count). The number of alkyl halides is 3. The first-order valence-electron chi connectivity index (χ1n) is 10.3. The second-order valence-electron chi connectivity index (χ2n) is 7.47. The number of benzene rings is 1. The van der Waals surface area contributed by atoms with Gasteiger partial charge in [0.05, 0.1) is 43.0 Å². The monoisotopic (exact) mass is 448 g/mol. The van der Waals surface area contributed by atoms with Crippen LogP contribution in [-0.2, 0) is 22.1 Å². The third-order valence-electron chi connectivity index (χ3n) is 5.52. The van der Waals surface area contributed by atoms with Gasteiger partial charge in [0.25, 0.3) is 0 Å². The zero-order chi connectivity index (χ0) is 22.9. The van der Waals surface area contributed by atoms with Gasteiger partial charge in [0.15, 0.2) is 5.69 Å². The quantitative estimate of drug-likeness (QED) is 0.555. The topological polar surface area (TPSA) is 69.0 Å². The lowest BCUT2D eigenvalue weighted by molar-refractivity contribution is -0.138. The third-order valence-corrected chi connectivity index (χ3v) is 5.52. The first kappa shape index (κ1) is 22.1. The van der Waals surface area contributed by atoms with Crippen molar-refractivity contribution in [2.75, 3.05) is 37.8 Å². The van der Waals surface area contributed by atoms with E-state index >= 15 is 0 Å². The number of fused-ring (bicyclic) bond motifs is 1. The number of rotatable bonds is 5. The average molecular weight is 448 g/mol. The summed E-state index contributed by atoms with van der Waals surface area (Å²) < 4.78 is 52.4. The molecule has 0 spiro atoms. The predicted octanol–water partition coefficient (Wildman–Crippen LogP) is 3.66. The largest absolute Gasteiger partial charge is 0.461 e. The standard InChI is InChI=1S/C22H23F3N4O3/c1-3-32-20(30)19-18(11-15-5-4-6-17(14(15)2)22(23,24)25)29-13-16(12-26-21(29)27-19)28-7-9-31-10-8-28/h4-6,12-13H,3,7-11H2,1-2H3. The molecular formula is C22H23F3N4O3. The van der Waals surface area contributed by atoms with Crippen molar-refractivity contribution in [3.8, 4) is 0 Å². The summed E-state index contributed by atoms with van der Waals surface area (Å²) in [4.78, 5) is 23.4. The Bertz CT molecular complexity index is 1140. The number of ether oxygens (including phenoxy) is 2. The number of anilines is 1. The van der Waals surface area contributed by atoms with Crippen LogP contribution in [0.5, 0.6) is 0 Å². The molecule has 32 heavy (non-hydrogen) atoms. The average Bonchev–Trinajstić information content (AvgIpc) is 3.13. The van der Waals surface area contributed by atoms with E-state index in [4.69, 9.17) is 9.47 Å². The van der Waals surface area contributed by atoms with Crippen molar-refractivity contribution < 1.29 is 27.4 Å². The van der Waals surface area contributed by atoms with Gasteiger partial charge in [-0.1, -0.05) is 12.1 Å². The summed E-state index contributed by atoms with van der Waals surface area (Å²) in [5.74, 6) is -0.352.